The number of nitrogens with one attached hydrogen (secondary N) is 1. The van der Waals surface area contributed by atoms with Crippen molar-refractivity contribution < 1.29 is 19.4 Å². The Morgan fingerprint density at radius 1 is 1.13 bits per heavy atom. The van der Waals surface area contributed by atoms with Gasteiger partial charge < -0.3 is 15.2 Å². The average molecular weight is 526 g/mol. The third kappa shape index (κ3) is 4.01. The molecule has 2 aromatic heterocycles. The monoisotopic (exact) mass is 525 g/mol. The van der Waals surface area contributed by atoms with Crippen molar-refractivity contribution in [3.8, 4) is 11.4 Å². The second-order valence-electron chi connectivity index (χ2n) is 9.58. The van der Waals surface area contributed by atoms with Crippen LogP contribution in [0.15, 0.2) is 77.3 Å². The van der Waals surface area contributed by atoms with Gasteiger partial charge in [0.05, 0.1) is 23.6 Å². The first-order chi connectivity index (χ1) is 18.5. The van der Waals surface area contributed by atoms with Crippen molar-refractivity contribution in [3.05, 3.63) is 105 Å². The van der Waals surface area contributed by atoms with Gasteiger partial charge in [0.25, 0.3) is 0 Å². The summed E-state index contributed by atoms with van der Waals surface area (Å²) in [6.07, 6.45) is 1.15. The Labute approximate surface area is 224 Å². The number of ether oxygens (including phenoxy) is 1. The van der Waals surface area contributed by atoms with Crippen molar-refractivity contribution in [2.24, 2.45) is 0 Å². The number of carboxylic acids is 1. The Hall–Kier alpha value is -4.17. The molecule has 3 heterocycles. The van der Waals surface area contributed by atoms with Crippen molar-refractivity contribution in [3.63, 3.8) is 0 Å². The van der Waals surface area contributed by atoms with Gasteiger partial charge in [0.2, 0.25) is 0 Å². The summed E-state index contributed by atoms with van der Waals surface area (Å²) in [7, 11) is 0. The molecule has 0 radical (unpaired) electrons. The number of carboxylic acid groups (broad SMARTS) is 1. The average Bonchev–Trinajstić information content (AvgIpc) is 3.57. The molecule has 0 fully saturated rings. The highest BCUT2D eigenvalue weighted by Crippen LogP contribution is 2.50. The van der Waals surface area contributed by atoms with E-state index in [4.69, 9.17) is 9.84 Å². The second-order valence-corrected chi connectivity index (χ2v) is 10.6. The maximum absolute atomic E-state index is 13.8. The van der Waals surface area contributed by atoms with Gasteiger partial charge in [0, 0.05) is 40.0 Å². The molecule has 1 aliphatic carbocycles. The fourth-order valence-electron chi connectivity index (χ4n) is 5.67. The van der Waals surface area contributed by atoms with E-state index in [-0.39, 0.29) is 23.2 Å². The summed E-state index contributed by atoms with van der Waals surface area (Å²) in [5.41, 5.74) is 4.88. The van der Waals surface area contributed by atoms with Crippen LogP contribution in [0.25, 0.3) is 5.69 Å². The summed E-state index contributed by atoms with van der Waals surface area (Å²) in [5.74, 6) is 0.356. The molecule has 2 unspecified atom stereocenters. The molecule has 38 heavy (non-hydrogen) atoms. The van der Waals surface area contributed by atoms with E-state index >= 15 is 0 Å². The predicted octanol–water partition coefficient (Wildman–Crippen LogP) is 6.30. The van der Waals surface area contributed by atoms with E-state index in [2.05, 4.69) is 11.4 Å². The van der Waals surface area contributed by atoms with Gasteiger partial charge in [-0.2, -0.15) is 5.10 Å². The van der Waals surface area contributed by atoms with Crippen molar-refractivity contribution >= 4 is 28.9 Å². The number of rotatable bonds is 6. The number of ketones is 1. The molecule has 2 aliphatic rings. The van der Waals surface area contributed by atoms with Crippen LogP contribution in [0.1, 0.15) is 63.7 Å². The van der Waals surface area contributed by atoms with Gasteiger partial charge in [0.15, 0.2) is 5.78 Å². The van der Waals surface area contributed by atoms with Crippen LogP contribution in [0.2, 0.25) is 0 Å². The first kappa shape index (κ1) is 24.2. The van der Waals surface area contributed by atoms with Gasteiger partial charge in [-0.25, -0.2) is 9.48 Å². The number of para-hydroxylation sites is 1. The molecular weight excluding hydrogens is 498 g/mol. The number of aromatic nitrogens is 2. The molecule has 8 heteroatoms. The van der Waals surface area contributed by atoms with Gasteiger partial charge in [0.1, 0.15) is 11.6 Å². The fraction of sp³-hybridized carbons (Fsp3) is 0.233. The van der Waals surface area contributed by atoms with Crippen molar-refractivity contribution in [1.82, 2.24) is 9.78 Å². The number of aromatic carboxylic acids is 1. The number of carbonyl (C=O) groups excluding carboxylic acids is 1. The normalized spacial score (nSPS) is 18.5. The van der Waals surface area contributed by atoms with E-state index in [1.54, 1.807) is 40.3 Å². The summed E-state index contributed by atoms with van der Waals surface area (Å²) >= 11 is 1.67. The highest BCUT2D eigenvalue weighted by atomic mass is 32.1. The van der Waals surface area contributed by atoms with Crippen LogP contribution in [0.3, 0.4) is 0 Å². The number of Topliss-reactive ketones (excluding diaryl/α,β-unsaturated/α-hetero) is 1. The van der Waals surface area contributed by atoms with E-state index in [1.807, 2.05) is 49.6 Å². The number of fused-ring (bicyclic) bond motifs is 1. The Balaban J connectivity index is 1.54. The van der Waals surface area contributed by atoms with Crippen LogP contribution in [0.5, 0.6) is 5.75 Å². The molecule has 0 amide bonds. The number of benzene rings is 2. The smallest absolute Gasteiger partial charge is 0.337 e. The fourth-order valence-corrected chi connectivity index (χ4v) is 6.50. The van der Waals surface area contributed by atoms with Gasteiger partial charge in [-0.15, -0.1) is 11.3 Å². The highest BCUT2D eigenvalue weighted by Gasteiger charge is 2.41. The zero-order chi connectivity index (χ0) is 26.4. The molecule has 0 saturated heterocycles. The van der Waals surface area contributed by atoms with E-state index in [1.165, 1.54) is 4.88 Å². The first-order valence-corrected chi connectivity index (χ1v) is 13.6. The molecule has 192 valence electrons. The van der Waals surface area contributed by atoms with Crippen LogP contribution < -0.4 is 10.1 Å². The standard InChI is InChI=1S/C30H27N3O4S/c1-3-37-20-12-10-18(11-13-20)27-26-17(2)32-33(23-8-5-4-7-21(23)30(35)36)29(26)31-22-15-19(16-24(34)28(22)27)25-9-6-14-38-25/h4-14,19,27,31H,3,15-16H2,1-2H3,(H,35,36). The van der Waals surface area contributed by atoms with Crippen LogP contribution in [-0.2, 0) is 4.79 Å². The summed E-state index contributed by atoms with van der Waals surface area (Å²) in [6, 6.07) is 18.8. The minimum absolute atomic E-state index is 0.0973. The van der Waals surface area contributed by atoms with Gasteiger partial charge >= 0.3 is 5.97 Å². The van der Waals surface area contributed by atoms with Gasteiger partial charge in [-0.3, -0.25) is 4.79 Å². The molecule has 1 aliphatic heterocycles. The molecule has 0 saturated carbocycles. The van der Waals surface area contributed by atoms with Crippen molar-refractivity contribution in [2.75, 3.05) is 11.9 Å². The highest BCUT2D eigenvalue weighted by molar-refractivity contribution is 7.10. The Morgan fingerprint density at radius 2 is 1.92 bits per heavy atom. The Morgan fingerprint density at radius 3 is 2.63 bits per heavy atom. The third-order valence-corrected chi connectivity index (χ3v) is 8.33. The van der Waals surface area contributed by atoms with Crippen LogP contribution in [0, 0.1) is 6.92 Å². The maximum Gasteiger partial charge on any atom is 0.337 e. The zero-order valence-electron chi connectivity index (χ0n) is 21.1. The number of carbonyl (C=O) groups is 2. The maximum atomic E-state index is 13.8. The predicted molar refractivity (Wildman–Crippen MR) is 147 cm³/mol. The lowest BCUT2D eigenvalue weighted by Crippen LogP contribution is -2.30. The largest absolute Gasteiger partial charge is 0.494 e. The Kier molecular flexibility index (Phi) is 6.12. The summed E-state index contributed by atoms with van der Waals surface area (Å²) in [6.45, 7) is 4.43. The van der Waals surface area contributed by atoms with E-state index in [0.717, 1.165) is 33.8 Å². The number of allylic oxidation sites excluding steroid dienone is 2. The molecule has 4 aromatic rings. The van der Waals surface area contributed by atoms with Crippen LogP contribution >= 0.6 is 11.3 Å². The molecule has 0 bridgehead atoms. The number of aryl methyl sites for hydroxylation is 1. The van der Waals surface area contributed by atoms with E-state index < -0.39 is 5.97 Å². The summed E-state index contributed by atoms with van der Waals surface area (Å²) in [5, 5.41) is 20.3. The van der Waals surface area contributed by atoms with E-state index in [9.17, 15) is 14.7 Å². The number of hydrogen-bond donors (Lipinski definition) is 2. The van der Waals surface area contributed by atoms with Crippen molar-refractivity contribution in [2.45, 2.75) is 38.5 Å². The lowest BCUT2D eigenvalue weighted by atomic mass is 9.73. The lowest BCUT2D eigenvalue weighted by Gasteiger charge is -2.35. The van der Waals surface area contributed by atoms with E-state index in [0.29, 0.717) is 31.0 Å². The van der Waals surface area contributed by atoms with Crippen LogP contribution in [0.4, 0.5) is 5.82 Å². The number of hydrogen-bond acceptors (Lipinski definition) is 6. The zero-order valence-corrected chi connectivity index (χ0v) is 21.9. The molecule has 0 spiro atoms. The molecule has 2 aromatic carbocycles. The number of anilines is 1. The minimum Gasteiger partial charge on any atom is -0.494 e. The first-order valence-electron chi connectivity index (χ1n) is 12.7. The molecule has 2 N–H and O–H groups in total. The van der Waals surface area contributed by atoms with Gasteiger partial charge in [-0.1, -0.05) is 30.3 Å². The summed E-state index contributed by atoms with van der Waals surface area (Å²) in [4.78, 5) is 27.1. The molecule has 6 rings (SSSR count). The summed E-state index contributed by atoms with van der Waals surface area (Å²) < 4.78 is 7.34. The number of nitrogens with zero attached hydrogens (tertiary/aromatic N) is 2. The quantitative estimate of drug-likeness (QED) is 0.307. The van der Waals surface area contributed by atoms with Crippen LogP contribution in [-0.4, -0.2) is 33.2 Å². The SMILES string of the molecule is CCOc1ccc(C2C3=C(CC(c4cccs4)CC3=O)Nc3c2c(C)nn3-c2ccccc2C(=O)O)cc1. The van der Waals surface area contributed by atoms with Crippen molar-refractivity contribution in [1.29, 1.82) is 0 Å². The molecule has 7 nitrogen and oxygen atoms in total. The third-order valence-electron chi connectivity index (χ3n) is 7.29. The minimum atomic E-state index is -1.02. The molecule has 2 atom stereocenters. The lowest BCUT2D eigenvalue weighted by molar-refractivity contribution is -0.116. The second kappa shape index (κ2) is 9.61. The van der Waals surface area contributed by atoms with Gasteiger partial charge in [-0.05, 0) is 61.5 Å². The number of thiophene rings is 1. The Bertz CT molecular complexity index is 1570. The molecular formula is C30H27N3O4S. The topological polar surface area (TPSA) is 93.5 Å².